The standard InChI is InChI=1S/C26H27N3O3/c1-17-7-10-20(11-8-17)23-15-22(21-12-9-18(2)19(3)14-21)27-29(23)25(30)16-28(4)26(31)24-6-5-13-32-24/h5-14,23H,15-16H2,1-4H3/t23-/m0/s1. The highest BCUT2D eigenvalue weighted by molar-refractivity contribution is 6.03. The first-order valence-electron chi connectivity index (χ1n) is 10.7. The van der Waals surface area contributed by atoms with Gasteiger partial charge in [0.2, 0.25) is 0 Å². The third kappa shape index (κ3) is 4.35. The second kappa shape index (κ2) is 8.83. The average molecular weight is 430 g/mol. The van der Waals surface area contributed by atoms with E-state index in [0.717, 1.165) is 22.4 Å². The minimum absolute atomic E-state index is 0.0917. The fourth-order valence-electron chi connectivity index (χ4n) is 3.82. The number of amides is 2. The van der Waals surface area contributed by atoms with E-state index in [-0.39, 0.29) is 30.2 Å². The number of hydrogen-bond acceptors (Lipinski definition) is 4. The molecule has 3 aromatic rings. The number of likely N-dealkylation sites (N-methyl/N-ethyl adjacent to an activating group) is 1. The van der Waals surface area contributed by atoms with Gasteiger partial charge >= 0.3 is 0 Å². The van der Waals surface area contributed by atoms with Crippen LogP contribution in [0, 0.1) is 20.8 Å². The molecule has 6 nitrogen and oxygen atoms in total. The van der Waals surface area contributed by atoms with Crippen molar-refractivity contribution in [3.63, 3.8) is 0 Å². The lowest BCUT2D eigenvalue weighted by Crippen LogP contribution is -2.39. The summed E-state index contributed by atoms with van der Waals surface area (Å²) in [5.41, 5.74) is 6.46. The highest BCUT2D eigenvalue weighted by atomic mass is 16.3. The molecule has 0 fully saturated rings. The molecule has 0 spiro atoms. The molecule has 0 aliphatic carbocycles. The molecule has 1 atom stereocenters. The largest absolute Gasteiger partial charge is 0.459 e. The summed E-state index contributed by atoms with van der Waals surface area (Å²) in [4.78, 5) is 27.2. The van der Waals surface area contributed by atoms with Crippen LogP contribution in [0.15, 0.2) is 70.4 Å². The van der Waals surface area contributed by atoms with Crippen LogP contribution < -0.4 is 0 Å². The van der Waals surface area contributed by atoms with Gasteiger partial charge in [-0.2, -0.15) is 5.10 Å². The van der Waals surface area contributed by atoms with Crippen molar-refractivity contribution in [3.8, 4) is 0 Å². The maximum atomic E-state index is 13.3. The third-order valence-corrected chi connectivity index (χ3v) is 5.92. The number of rotatable bonds is 5. The lowest BCUT2D eigenvalue weighted by molar-refractivity contribution is -0.133. The fourth-order valence-corrected chi connectivity index (χ4v) is 3.82. The zero-order chi connectivity index (χ0) is 22.8. The average Bonchev–Trinajstić information content (AvgIpc) is 3.46. The topological polar surface area (TPSA) is 66.1 Å². The summed E-state index contributed by atoms with van der Waals surface area (Å²) in [7, 11) is 1.59. The Morgan fingerprint density at radius 1 is 1.06 bits per heavy atom. The molecule has 164 valence electrons. The van der Waals surface area contributed by atoms with E-state index in [1.165, 1.54) is 27.3 Å². The van der Waals surface area contributed by atoms with Crippen LogP contribution in [0.4, 0.5) is 0 Å². The molecule has 0 radical (unpaired) electrons. The smallest absolute Gasteiger partial charge is 0.289 e. The van der Waals surface area contributed by atoms with Gasteiger partial charge in [0.15, 0.2) is 5.76 Å². The van der Waals surface area contributed by atoms with Crippen LogP contribution in [0.5, 0.6) is 0 Å². The number of nitrogens with zero attached hydrogens (tertiary/aromatic N) is 3. The van der Waals surface area contributed by atoms with Crippen molar-refractivity contribution < 1.29 is 14.0 Å². The van der Waals surface area contributed by atoms with Gasteiger partial charge in [-0.25, -0.2) is 5.01 Å². The van der Waals surface area contributed by atoms with Crippen molar-refractivity contribution in [2.24, 2.45) is 5.10 Å². The Kier molecular flexibility index (Phi) is 5.95. The van der Waals surface area contributed by atoms with Gasteiger partial charge < -0.3 is 9.32 Å². The predicted octanol–water partition coefficient (Wildman–Crippen LogP) is 4.65. The van der Waals surface area contributed by atoms with Crippen LogP contribution in [0.25, 0.3) is 0 Å². The Balaban J connectivity index is 1.61. The summed E-state index contributed by atoms with van der Waals surface area (Å²) in [6, 6.07) is 17.4. The van der Waals surface area contributed by atoms with Crippen molar-refractivity contribution in [3.05, 3.63) is 94.4 Å². The lowest BCUT2D eigenvalue weighted by atomic mass is 9.96. The first-order chi connectivity index (χ1) is 15.3. The molecule has 32 heavy (non-hydrogen) atoms. The van der Waals surface area contributed by atoms with Crippen LogP contribution in [-0.2, 0) is 4.79 Å². The van der Waals surface area contributed by atoms with Gasteiger partial charge in [-0.15, -0.1) is 0 Å². The van der Waals surface area contributed by atoms with Gasteiger partial charge in [0.05, 0.1) is 18.0 Å². The number of carbonyl (C=O) groups is 2. The predicted molar refractivity (Wildman–Crippen MR) is 124 cm³/mol. The molecule has 4 rings (SSSR count). The quantitative estimate of drug-likeness (QED) is 0.593. The van der Waals surface area contributed by atoms with Crippen LogP contribution in [-0.4, -0.2) is 41.0 Å². The van der Waals surface area contributed by atoms with E-state index in [1.54, 1.807) is 19.2 Å². The Bertz CT molecular complexity index is 1160. The van der Waals surface area contributed by atoms with E-state index in [1.807, 2.05) is 37.3 Å². The molecule has 0 saturated carbocycles. The van der Waals surface area contributed by atoms with Gasteiger partial charge in [0.25, 0.3) is 11.8 Å². The number of furan rings is 1. The van der Waals surface area contributed by atoms with Gasteiger partial charge in [-0.05, 0) is 61.2 Å². The van der Waals surface area contributed by atoms with E-state index in [4.69, 9.17) is 9.52 Å². The second-order valence-electron chi connectivity index (χ2n) is 8.35. The summed E-state index contributed by atoms with van der Waals surface area (Å²) >= 11 is 0. The second-order valence-corrected chi connectivity index (χ2v) is 8.35. The first kappa shape index (κ1) is 21.6. The highest BCUT2D eigenvalue weighted by Gasteiger charge is 2.34. The molecule has 6 heteroatoms. The van der Waals surface area contributed by atoms with E-state index >= 15 is 0 Å². The summed E-state index contributed by atoms with van der Waals surface area (Å²) in [6.45, 7) is 6.09. The molecular weight excluding hydrogens is 402 g/mol. The normalized spacial score (nSPS) is 15.6. The lowest BCUT2D eigenvalue weighted by Gasteiger charge is -2.24. The monoisotopic (exact) mass is 429 g/mol. The zero-order valence-corrected chi connectivity index (χ0v) is 18.8. The van der Waals surface area contributed by atoms with E-state index in [9.17, 15) is 9.59 Å². The number of benzene rings is 2. The third-order valence-electron chi connectivity index (χ3n) is 5.92. The summed E-state index contributed by atoms with van der Waals surface area (Å²) < 4.78 is 5.18. The van der Waals surface area contributed by atoms with Crippen molar-refractivity contribution in [1.82, 2.24) is 9.91 Å². The maximum Gasteiger partial charge on any atom is 0.289 e. The molecule has 2 aromatic carbocycles. The van der Waals surface area contributed by atoms with Crippen LogP contribution >= 0.6 is 0 Å². The van der Waals surface area contributed by atoms with Crippen molar-refractivity contribution in [1.29, 1.82) is 0 Å². The molecular formula is C26H27N3O3. The zero-order valence-electron chi connectivity index (χ0n) is 18.8. The maximum absolute atomic E-state index is 13.3. The molecule has 0 N–H and O–H groups in total. The Hall–Kier alpha value is -3.67. The molecule has 0 unspecified atom stereocenters. The Morgan fingerprint density at radius 2 is 1.81 bits per heavy atom. The molecule has 2 amide bonds. The summed E-state index contributed by atoms with van der Waals surface area (Å²) in [6.07, 6.45) is 2.06. The highest BCUT2D eigenvalue weighted by Crippen LogP contribution is 2.33. The van der Waals surface area contributed by atoms with Crippen molar-refractivity contribution in [2.75, 3.05) is 13.6 Å². The van der Waals surface area contributed by atoms with E-state index in [2.05, 4.69) is 26.0 Å². The molecule has 0 saturated heterocycles. The van der Waals surface area contributed by atoms with Gasteiger partial charge in [-0.1, -0.05) is 42.0 Å². The number of hydrazone groups is 1. The van der Waals surface area contributed by atoms with Crippen LogP contribution in [0.1, 0.15) is 50.8 Å². The number of hydrogen-bond donors (Lipinski definition) is 0. The first-order valence-corrected chi connectivity index (χ1v) is 10.7. The molecule has 0 bridgehead atoms. The fraction of sp³-hybridized carbons (Fsp3) is 0.269. The van der Waals surface area contributed by atoms with Crippen molar-refractivity contribution >= 4 is 17.5 Å². The number of aryl methyl sites for hydroxylation is 3. The van der Waals surface area contributed by atoms with E-state index < -0.39 is 0 Å². The summed E-state index contributed by atoms with van der Waals surface area (Å²) in [5.74, 6) is -0.374. The Morgan fingerprint density at radius 3 is 2.47 bits per heavy atom. The van der Waals surface area contributed by atoms with Crippen LogP contribution in [0.3, 0.4) is 0 Å². The minimum atomic E-state index is -0.340. The van der Waals surface area contributed by atoms with Gasteiger partial charge in [-0.3, -0.25) is 9.59 Å². The van der Waals surface area contributed by atoms with E-state index in [0.29, 0.717) is 6.42 Å². The van der Waals surface area contributed by atoms with Crippen LogP contribution in [0.2, 0.25) is 0 Å². The van der Waals surface area contributed by atoms with Gasteiger partial charge in [0.1, 0.15) is 6.54 Å². The molecule has 1 aliphatic heterocycles. The number of carbonyl (C=O) groups excluding carboxylic acids is 2. The molecule has 1 aromatic heterocycles. The molecule has 1 aliphatic rings. The molecule has 2 heterocycles. The van der Waals surface area contributed by atoms with Crippen molar-refractivity contribution in [2.45, 2.75) is 33.2 Å². The minimum Gasteiger partial charge on any atom is -0.459 e. The summed E-state index contributed by atoms with van der Waals surface area (Å²) in [5, 5.41) is 6.25. The van der Waals surface area contributed by atoms with Gasteiger partial charge in [0, 0.05) is 13.5 Å². The Labute approximate surface area is 188 Å². The SMILES string of the molecule is Cc1ccc([C@@H]2CC(c3ccc(C)c(C)c3)=NN2C(=O)CN(C)C(=O)c2ccco2)cc1.